The summed E-state index contributed by atoms with van der Waals surface area (Å²) in [6, 6.07) is 6.01. The third-order valence-electron chi connectivity index (χ3n) is 4.96. The van der Waals surface area contributed by atoms with Crippen molar-refractivity contribution >= 4 is 29.9 Å². The highest BCUT2D eigenvalue weighted by Crippen LogP contribution is 2.27. The van der Waals surface area contributed by atoms with E-state index in [-0.39, 0.29) is 30.1 Å². The topological polar surface area (TPSA) is 78.4 Å². The van der Waals surface area contributed by atoms with Crippen LogP contribution < -0.4 is 20.1 Å². The molecule has 0 saturated carbocycles. The molecule has 1 aliphatic rings. The van der Waals surface area contributed by atoms with Crippen molar-refractivity contribution in [1.29, 1.82) is 0 Å². The highest BCUT2D eigenvalue weighted by atomic mass is 127. The molecule has 0 radical (unpaired) electrons. The Morgan fingerprint density at radius 3 is 2.55 bits per heavy atom. The maximum absolute atomic E-state index is 9.57. The Balaban J connectivity index is 0.00000420. The van der Waals surface area contributed by atoms with E-state index < -0.39 is 0 Å². The Kier molecular flexibility index (Phi) is 13.0. The molecule has 166 valence electrons. The van der Waals surface area contributed by atoms with Crippen LogP contribution in [-0.4, -0.2) is 75.6 Å². The third kappa shape index (κ3) is 9.39. The molecule has 7 nitrogen and oxygen atoms in total. The average Bonchev–Trinajstić information content (AvgIpc) is 2.72. The van der Waals surface area contributed by atoms with Crippen LogP contribution in [0.15, 0.2) is 23.2 Å². The number of halogens is 1. The minimum atomic E-state index is -0.107. The van der Waals surface area contributed by atoms with Crippen molar-refractivity contribution in [2.24, 2.45) is 4.99 Å². The van der Waals surface area contributed by atoms with E-state index in [0.29, 0.717) is 0 Å². The first-order chi connectivity index (χ1) is 13.7. The van der Waals surface area contributed by atoms with E-state index in [2.05, 4.69) is 33.5 Å². The fraction of sp³-hybridized carbons (Fsp3) is 0.667. The number of hydrogen-bond acceptors (Lipinski definition) is 5. The lowest BCUT2D eigenvalue weighted by Crippen LogP contribution is -2.39. The summed E-state index contributed by atoms with van der Waals surface area (Å²) in [6.07, 6.45) is 3.58. The Bertz CT molecular complexity index is 608. The van der Waals surface area contributed by atoms with Crippen LogP contribution in [0.2, 0.25) is 0 Å². The van der Waals surface area contributed by atoms with Gasteiger partial charge >= 0.3 is 0 Å². The number of ether oxygens (including phenoxy) is 2. The summed E-state index contributed by atoms with van der Waals surface area (Å²) >= 11 is 0. The van der Waals surface area contributed by atoms with E-state index in [1.807, 2.05) is 12.1 Å². The summed E-state index contributed by atoms with van der Waals surface area (Å²) < 4.78 is 10.6. The number of guanidine groups is 1. The number of hydrogen-bond donors (Lipinski definition) is 3. The van der Waals surface area contributed by atoms with E-state index >= 15 is 0 Å². The number of nitrogens with zero attached hydrogens (tertiary/aromatic N) is 2. The molecule has 0 unspecified atom stereocenters. The first-order valence-corrected chi connectivity index (χ1v) is 10.3. The van der Waals surface area contributed by atoms with Crippen LogP contribution in [0, 0.1) is 0 Å². The SMILES string of the molecule is CCNC(=NCCCN1CCC(O)CC1)NCCc1ccc(OC)c(OC)c1.I. The van der Waals surface area contributed by atoms with Gasteiger partial charge in [-0.1, -0.05) is 6.07 Å². The van der Waals surface area contributed by atoms with Gasteiger partial charge in [0.2, 0.25) is 0 Å². The molecule has 29 heavy (non-hydrogen) atoms. The van der Waals surface area contributed by atoms with Crippen LogP contribution in [0.4, 0.5) is 0 Å². The van der Waals surface area contributed by atoms with E-state index in [0.717, 1.165) is 82.4 Å². The van der Waals surface area contributed by atoms with Gasteiger partial charge < -0.3 is 30.1 Å². The molecule has 0 aliphatic carbocycles. The number of rotatable bonds is 10. The summed E-state index contributed by atoms with van der Waals surface area (Å²) in [7, 11) is 3.30. The number of benzene rings is 1. The second-order valence-electron chi connectivity index (χ2n) is 7.05. The van der Waals surface area contributed by atoms with Crippen molar-refractivity contribution < 1.29 is 14.6 Å². The number of nitrogens with one attached hydrogen (secondary N) is 2. The lowest BCUT2D eigenvalue weighted by atomic mass is 10.1. The Morgan fingerprint density at radius 2 is 1.90 bits per heavy atom. The summed E-state index contributed by atoms with van der Waals surface area (Å²) in [6.45, 7) is 7.54. The molecule has 1 saturated heterocycles. The lowest BCUT2D eigenvalue weighted by Gasteiger charge is -2.29. The molecular weight excluding hydrogens is 483 g/mol. The van der Waals surface area contributed by atoms with Crippen LogP contribution in [0.25, 0.3) is 0 Å². The first kappa shape index (κ1) is 25.8. The van der Waals surface area contributed by atoms with Gasteiger partial charge in [0, 0.05) is 32.7 Å². The summed E-state index contributed by atoms with van der Waals surface area (Å²) in [4.78, 5) is 7.10. The molecule has 2 rings (SSSR count). The van der Waals surface area contributed by atoms with Gasteiger partial charge in [-0.15, -0.1) is 24.0 Å². The van der Waals surface area contributed by atoms with Gasteiger partial charge in [0.1, 0.15) is 0 Å². The van der Waals surface area contributed by atoms with Gasteiger partial charge in [-0.25, -0.2) is 0 Å². The molecule has 0 amide bonds. The monoisotopic (exact) mass is 520 g/mol. The minimum Gasteiger partial charge on any atom is -0.493 e. The quantitative estimate of drug-likeness (QED) is 0.190. The second kappa shape index (κ2) is 14.7. The molecule has 1 fully saturated rings. The Hall–Kier alpha value is -1.26. The fourth-order valence-corrected chi connectivity index (χ4v) is 3.33. The number of aliphatic hydroxyl groups excluding tert-OH is 1. The number of aliphatic imine (C=N–C) groups is 1. The van der Waals surface area contributed by atoms with E-state index in [4.69, 9.17) is 9.47 Å². The third-order valence-corrected chi connectivity index (χ3v) is 4.96. The first-order valence-electron chi connectivity index (χ1n) is 10.3. The van der Waals surface area contributed by atoms with Crippen LogP contribution in [0.5, 0.6) is 11.5 Å². The predicted octanol–water partition coefficient (Wildman–Crippen LogP) is 2.27. The molecule has 1 aromatic rings. The molecular formula is C21H37IN4O3. The molecule has 0 aromatic heterocycles. The lowest BCUT2D eigenvalue weighted by molar-refractivity contribution is 0.0824. The number of piperidine rings is 1. The second-order valence-corrected chi connectivity index (χ2v) is 7.05. The predicted molar refractivity (Wildman–Crippen MR) is 129 cm³/mol. The van der Waals surface area contributed by atoms with Crippen molar-refractivity contribution in [3.63, 3.8) is 0 Å². The van der Waals surface area contributed by atoms with Crippen molar-refractivity contribution in [3.8, 4) is 11.5 Å². The normalized spacial score (nSPS) is 15.5. The molecule has 3 N–H and O–H groups in total. The van der Waals surface area contributed by atoms with Crippen LogP contribution in [0.3, 0.4) is 0 Å². The van der Waals surface area contributed by atoms with E-state index in [1.165, 1.54) is 5.56 Å². The van der Waals surface area contributed by atoms with Gasteiger partial charge in [0.15, 0.2) is 17.5 Å². The Morgan fingerprint density at radius 1 is 1.17 bits per heavy atom. The van der Waals surface area contributed by atoms with Crippen molar-refractivity contribution in [3.05, 3.63) is 23.8 Å². The van der Waals surface area contributed by atoms with E-state index in [1.54, 1.807) is 14.2 Å². The zero-order chi connectivity index (χ0) is 20.2. The average molecular weight is 520 g/mol. The number of aliphatic hydroxyl groups is 1. The minimum absolute atomic E-state index is 0. The van der Waals surface area contributed by atoms with Crippen LogP contribution >= 0.6 is 24.0 Å². The van der Waals surface area contributed by atoms with Crippen LogP contribution in [-0.2, 0) is 6.42 Å². The molecule has 0 spiro atoms. The van der Waals surface area contributed by atoms with Crippen molar-refractivity contribution in [2.75, 3.05) is 53.5 Å². The molecule has 1 heterocycles. The summed E-state index contributed by atoms with van der Waals surface area (Å²) in [5.41, 5.74) is 1.19. The highest BCUT2D eigenvalue weighted by molar-refractivity contribution is 14.0. The van der Waals surface area contributed by atoms with Crippen molar-refractivity contribution in [2.45, 2.75) is 38.7 Å². The smallest absolute Gasteiger partial charge is 0.191 e. The summed E-state index contributed by atoms with van der Waals surface area (Å²) in [5, 5.41) is 16.3. The molecule has 1 aliphatic heterocycles. The maximum Gasteiger partial charge on any atom is 0.191 e. The van der Waals surface area contributed by atoms with Gasteiger partial charge in [-0.3, -0.25) is 4.99 Å². The molecule has 0 bridgehead atoms. The Labute approximate surface area is 192 Å². The van der Waals surface area contributed by atoms with Gasteiger partial charge in [-0.2, -0.15) is 0 Å². The highest BCUT2D eigenvalue weighted by Gasteiger charge is 2.15. The zero-order valence-electron chi connectivity index (χ0n) is 17.9. The van der Waals surface area contributed by atoms with Gasteiger partial charge in [0.25, 0.3) is 0 Å². The van der Waals surface area contributed by atoms with Gasteiger partial charge in [0.05, 0.1) is 20.3 Å². The fourth-order valence-electron chi connectivity index (χ4n) is 3.33. The molecule has 0 atom stereocenters. The van der Waals surface area contributed by atoms with Crippen molar-refractivity contribution in [1.82, 2.24) is 15.5 Å². The number of likely N-dealkylation sites (tertiary alicyclic amines) is 1. The molecule has 1 aromatic carbocycles. The zero-order valence-corrected chi connectivity index (χ0v) is 20.3. The van der Waals surface area contributed by atoms with E-state index in [9.17, 15) is 5.11 Å². The van der Waals surface area contributed by atoms with Gasteiger partial charge in [-0.05, 0) is 56.8 Å². The largest absolute Gasteiger partial charge is 0.493 e. The molecule has 8 heteroatoms. The number of methoxy groups -OCH3 is 2. The van der Waals surface area contributed by atoms with Crippen LogP contribution in [0.1, 0.15) is 31.7 Å². The standard InChI is InChI=1S/C21H36N4O3.HI/c1-4-22-21(23-11-5-13-25-14-9-18(26)10-15-25)24-12-8-17-6-7-19(27-2)20(16-17)28-3;/h6-7,16,18,26H,4-5,8-15H2,1-3H3,(H2,22,23,24);1H. The maximum atomic E-state index is 9.57. The summed E-state index contributed by atoms with van der Waals surface area (Å²) in [5.74, 6) is 2.36.